The summed E-state index contributed by atoms with van der Waals surface area (Å²) in [5.74, 6) is 0.709. The highest BCUT2D eigenvalue weighted by atomic mass is 32.1. The highest BCUT2D eigenvalue weighted by molar-refractivity contribution is 7.26. The molecule has 0 N–H and O–H groups in total. The van der Waals surface area contributed by atoms with Crippen molar-refractivity contribution in [2.75, 3.05) is 0 Å². The van der Waals surface area contributed by atoms with Gasteiger partial charge in [-0.25, -0.2) is 9.97 Å². The highest BCUT2D eigenvalue weighted by Crippen LogP contribution is 2.55. The van der Waals surface area contributed by atoms with E-state index in [1.165, 1.54) is 75.5 Å². The Bertz CT molecular complexity index is 3480. The van der Waals surface area contributed by atoms with Crippen molar-refractivity contribution in [2.24, 2.45) is 0 Å². The molecule has 1 atom stereocenters. The van der Waals surface area contributed by atoms with Crippen LogP contribution in [0.4, 0.5) is 0 Å². The van der Waals surface area contributed by atoms with E-state index < -0.39 is 0 Å². The lowest BCUT2D eigenvalue weighted by molar-refractivity contribution is 0.714. The summed E-state index contributed by atoms with van der Waals surface area (Å²) in [6.45, 7) is 2.37. The van der Waals surface area contributed by atoms with Crippen LogP contribution < -0.4 is 0 Å². The van der Waals surface area contributed by atoms with Gasteiger partial charge in [-0.1, -0.05) is 182 Å². The quantitative estimate of drug-likeness (QED) is 0.168. The maximum Gasteiger partial charge on any atom is 0.160 e. The fourth-order valence-corrected chi connectivity index (χ4v) is 11.0. The predicted octanol–water partition coefficient (Wildman–Crippen LogP) is 15.7. The summed E-state index contributed by atoms with van der Waals surface area (Å²) in [6, 6.07) is 76.9. The van der Waals surface area contributed by atoms with Crippen LogP contribution in [0.2, 0.25) is 0 Å². The molecule has 12 rings (SSSR count). The van der Waals surface area contributed by atoms with Gasteiger partial charge >= 0.3 is 0 Å². The van der Waals surface area contributed by atoms with Crippen LogP contribution in [-0.4, -0.2) is 9.97 Å². The zero-order valence-corrected chi connectivity index (χ0v) is 34.3. The second-order valence-corrected chi connectivity index (χ2v) is 17.3. The number of hydrogen-bond acceptors (Lipinski definition) is 3. The number of nitrogens with zero attached hydrogens (tertiary/aromatic N) is 2. The van der Waals surface area contributed by atoms with Gasteiger partial charge in [0.25, 0.3) is 0 Å². The molecule has 3 heteroatoms. The molecular formula is C58H38N2S. The lowest BCUT2D eigenvalue weighted by Gasteiger charge is -2.28. The van der Waals surface area contributed by atoms with Gasteiger partial charge in [0.05, 0.1) is 11.4 Å². The van der Waals surface area contributed by atoms with Crippen LogP contribution in [0.1, 0.15) is 23.6 Å². The van der Waals surface area contributed by atoms with Gasteiger partial charge in [-0.15, -0.1) is 11.3 Å². The van der Waals surface area contributed by atoms with E-state index in [-0.39, 0.29) is 5.41 Å². The number of hydrogen-bond donors (Lipinski definition) is 0. The van der Waals surface area contributed by atoms with Crippen molar-refractivity contribution in [1.29, 1.82) is 0 Å². The first kappa shape index (κ1) is 35.5. The molecule has 286 valence electrons. The van der Waals surface area contributed by atoms with Gasteiger partial charge in [0, 0.05) is 42.3 Å². The number of aromatic nitrogens is 2. The third-order valence-electron chi connectivity index (χ3n) is 12.8. The summed E-state index contributed by atoms with van der Waals surface area (Å²) in [7, 11) is 0. The number of thiophene rings is 1. The second-order valence-electron chi connectivity index (χ2n) is 16.2. The number of benzene rings is 9. The lowest BCUT2D eigenvalue weighted by atomic mass is 9.74. The summed E-state index contributed by atoms with van der Waals surface area (Å²) >= 11 is 1.87. The first-order chi connectivity index (χ1) is 30.1. The van der Waals surface area contributed by atoms with Crippen LogP contribution in [0.5, 0.6) is 0 Å². The van der Waals surface area contributed by atoms with Crippen molar-refractivity contribution in [3.8, 4) is 67.3 Å². The average molecular weight is 795 g/mol. The number of fused-ring (bicyclic) bond motifs is 7. The van der Waals surface area contributed by atoms with Crippen LogP contribution >= 0.6 is 11.3 Å². The molecule has 0 amide bonds. The molecule has 61 heavy (non-hydrogen) atoms. The van der Waals surface area contributed by atoms with Crippen molar-refractivity contribution in [3.05, 3.63) is 229 Å². The first-order valence-corrected chi connectivity index (χ1v) is 21.7. The molecular weight excluding hydrogens is 757 g/mol. The zero-order chi connectivity index (χ0) is 40.5. The number of rotatable bonds is 6. The van der Waals surface area contributed by atoms with Crippen molar-refractivity contribution in [1.82, 2.24) is 9.97 Å². The molecule has 9 aromatic carbocycles. The largest absolute Gasteiger partial charge is 0.228 e. The normalized spacial score (nSPS) is 14.4. The van der Waals surface area contributed by atoms with Crippen molar-refractivity contribution in [3.63, 3.8) is 0 Å². The minimum Gasteiger partial charge on any atom is -0.228 e. The van der Waals surface area contributed by atoms with Crippen LogP contribution in [0, 0.1) is 0 Å². The molecule has 0 fully saturated rings. The lowest BCUT2D eigenvalue weighted by Crippen LogP contribution is -2.22. The molecule has 0 radical (unpaired) electrons. The smallest absolute Gasteiger partial charge is 0.160 e. The molecule has 0 saturated heterocycles. The molecule has 0 saturated carbocycles. The maximum atomic E-state index is 5.36. The van der Waals surface area contributed by atoms with E-state index in [9.17, 15) is 0 Å². The van der Waals surface area contributed by atoms with E-state index in [1.807, 2.05) is 17.4 Å². The SMILES string of the molecule is CC1(c2ccccc2)c2ccccc2-c2c(-c3cc(-c4cccc(-c5cccc6sc7cc8c(-c9ccccc9)cccc8cc7c56)c4)nc(-c4ccccc4)n3)cccc21. The second kappa shape index (κ2) is 14.1. The zero-order valence-electron chi connectivity index (χ0n) is 33.5. The molecule has 1 unspecified atom stereocenters. The third kappa shape index (κ3) is 5.69. The van der Waals surface area contributed by atoms with E-state index >= 15 is 0 Å². The van der Waals surface area contributed by atoms with E-state index in [0.717, 1.165) is 33.6 Å². The van der Waals surface area contributed by atoms with E-state index in [0.29, 0.717) is 5.82 Å². The van der Waals surface area contributed by atoms with Gasteiger partial charge in [0.2, 0.25) is 0 Å². The molecule has 2 aromatic heterocycles. The molecule has 11 aromatic rings. The summed E-state index contributed by atoms with van der Waals surface area (Å²) < 4.78 is 2.58. The van der Waals surface area contributed by atoms with E-state index in [2.05, 4.69) is 213 Å². The Morgan fingerprint density at radius 2 is 1.00 bits per heavy atom. The Morgan fingerprint density at radius 1 is 0.393 bits per heavy atom. The fraction of sp³-hybridized carbons (Fsp3) is 0.0345. The molecule has 1 aliphatic carbocycles. The Morgan fingerprint density at radius 3 is 1.84 bits per heavy atom. The van der Waals surface area contributed by atoms with Gasteiger partial charge in [0.15, 0.2) is 5.82 Å². The molecule has 0 bridgehead atoms. The molecule has 0 aliphatic heterocycles. The van der Waals surface area contributed by atoms with Gasteiger partial charge < -0.3 is 0 Å². The Labute approximate surface area is 359 Å². The Balaban J connectivity index is 1.03. The van der Waals surface area contributed by atoms with Gasteiger partial charge in [-0.3, -0.25) is 0 Å². The topological polar surface area (TPSA) is 25.8 Å². The van der Waals surface area contributed by atoms with Crippen LogP contribution in [0.3, 0.4) is 0 Å². The van der Waals surface area contributed by atoms with E-state index in [4.69, 9.17) is 9.97 Å². The van der Waals surface area contributed by atoms with Crippen molar-refractivity contribution < 1.29 is 0 Å². The minimum absolute atomic E-state index is 0.307. The summed E-state index contributed by atoms with van der Waals surface area (Å²) in [5.41, 5.74) is 15.9. The molecule has 0 spiro atoms. The Kier molecular flexibility index (Phi) is 8.19. The van der Waals surface area contributed by atoms with Crippen LogP contribution in [0.15, 0.2) is 212 Å². The van der Waals surface area contributed by atoms with E-state index in [1.54, 1.807) is 0 Å². The fourth-order valence-electron chi connectivity index (χ4n) is 9.84. The monoisotopic (exact) mass is 794 g/mol. The Hall–Kier alpha value is -7.46. The van der Waals surface area contributed by atoms with Crippen LogP contribution in [0.25, 0.3) is 98.2 Å². The van der Waals surface area contributed by atoms with Gasteiger partial charge in [0.1, 0.15) is 0 Å². The predicted molar refractivity (Wildman–Crippen MR) is 257 cm³/mol. The summed E-state index contributed by atoms with van der Waals surface area (Å²) in [4.78, 5) is 10.7. The van der Waals surface area contributed by atoms with Gasteiger partial charge in [-0.05, 0) is 98.1 Å². The molecule has 1 aliphatic rings. The third-order valence-corrected chi connectivity index (χ3v) is 13.9. The standard InChI is InChI=1S/C58H38N2S/c1-58(42-24-9-4-10-25-42)49-30-12-11-26-45(49)55-46(29-15-31-50(55)58)52-36-51(59-57(60-52)38-19-7-3-8-20-38)41-23-13-21-39(33-41)44-28-16-32-53-56(44)48-34-40-22-14-27-43(37-17-5-2-6-18-37)47(40)35-54(48)61-53/h2-36H,1H3. The summed E-state index contributed by atoms with van der Waals surface area (Å²) in [5, 5.41) is 5.11. The average Bonchev–Trinajstić information content (AvgIpc) is 3.83. The maximum absolute atomic E-state index is 5.36. The highest BCUT2D eigenvalue weighted by Gasteiger charge is 2.41. The van der Waals surface area contributed by atoms with Crippen molar-refractivity contribution in [2.45, 2.75) is 12.3 Å². The minimum atomic E-state index is -0.307. The first-order valence-electron chi connectivity index (χ1n) is 20.9. The molecule has 2 heterocycles. The molecule has 2 nitrogen and oxygen atoms in total. The summed E-state index contributed by atoms with van der Waals surface area (Å²) in [6.07, 6.45) is 0. The van der Waals surface area contributed by atoms with Crippen LogP contribution in [-0.2, 0) is 5.41 Å². The van der Waals surface area contributed by atoms with Crippen molar-refractivity contribution >= 4 is 42.3 Å². The van der Waals surface area contributed by atoms with Gasteiger partial charge in [-0.2, -0.15) is 0 Å².